The van der Waals surface area contributed by atoms with E-state index in [1.165, 1.54) is 0 Å². The number of halogens is 1. The van der Waals surface area contributed by atoms with Crippen LogP contribution in [0.3, 0.4) is 0 Å². The number of primary amides is 1. The molecule has 2 N–H and O–H groups in total. The third kappa shape index (κ3) is 3.61. The first-order valence-corrected chi connectivity index (χ1v) is 5.52. The molecule has 1 atom stereocenters. The smallest absolute Gasteiger partial charge is 0.259 e. The number of carbonyl (C=O) groups excluding carboxylic acids is 2. The van der Waals surface area contributed by atoms with Crippen LogP contribution in [0.25, 0.3) is 0 Å². The average Bonchev–Trinajstić information content (AvgIpc) is 2.30. The van der Waals surface area contributed by atoms with E-state index in [1.54, 1.807) is 18.2 Å². The number of rotatable bonds is 5. The molecule has 0 aliphatic rings. The Hall–Kier alpha value is -1.80. The van der Waals surface area contributed by atoms with Crippen LogP contribution in [0.15, 0.2) is 22.7 Å². The van der Waals surface area contributed by atoms with E-state index in [0.717, 1.165) is 4.47 Å². The second-order valence-electron chi connectivity index (χ2n) is 3.22. The predicted molar refractivity (Wildman–Crippen MR) is 66.6 cm³/mol. The molecule has 1 aromatic carbocycles. The molecular weight excluding hydrogens is 286 g/mol. The van der Waals surface area contributed by atoms with E-state index >= 15 is 0 Å². The van der Waals surface area contributed by atoms with Gasteiger partial charge in [-0.2, -0.15) is 0 Å². The third-order valence-corrected chi connectivity index (χ3v) is 2.48. The van der Waals surface area contributed by atoms with Crippen molar-refractivity contribution in [3.8, 4) is 18.1 Å². The Morgan fingerprint density at radius 2 is 2.35 bits per heavy atom. The van der Waals surface area contributed by atoms with Crippen molar-refractivity contribution < 1.29 is 14.3 Å². The van der Waals surface area contributed by atoms with Crippen molar-refractivity contribution >= 4 is 28.1 Å². The summed E-state index contributed by atoms with van der Waals surface area (Å²) in [5.41, 5.74) is 5.46. The van der Waals surface area contributed by atoms with Crippen LogP contribution in [-0.4, -0.2) is 18.3 Å². The van der Waals surface area contributed by atoms with Gasteiger partial charge >= 0.3 is 0 Å². The highest BCUT2D eigenvalue weighted by molar-refractivity contribution is 9.10. The Balaban J connectivity index is 2.97. The largest absolute Gasteiger partial charge is 0.479 e. The maximum atomic E-state index is 11.1. The van der Waals surface area contributed by atoms with Gasteiger partial charge in [-0.15, -0.1) is 12.3 Å². The first-order valence-electron chi connectivity index (χ1n) is 4.72. The molecule has 1 rings (SSSR count). The zero-order valence-electron chi connectivity index (χ0n) is 8.85. The number of nitrogens with two attached hydrogens (primary N) is 1. The van der Waals surface area contributed by atoms with Crippen LogP contribution in [0, 0.1) is 12.3 Å². The molecule has 0 fully saturated rings. The Labute approximate surface area is 107 Å². The van der Waals surface area contributed by atoms with Gasteiger partial charge in [0.15, 0.2) is 12.4 Å². The highest BCUT2D eigenvalue weighted by Gasteiger charge is 2.17. The van der Waals surface area contributed by atoms with Crippen molar-refractivity contribution in [2.24, 2.45) is 5.73 Å². The third-order valence-electron chi connectivity index (χ3n) is 1.99. The summed E-state index contributed by atoms with van der Waals surface area (Å²) in [5.74, 6) is 1.91. The Morgan fingerprint density at radius 3 is 2.88 bits per heavy atom. The molecule has 5 heteroatoms. The van der Waals surface area contributed by atoms with Gasteiger partial charge in [0, 0.05) is 4.47 Å². The summed E-state index contributed by atoms with van der Waals surface area (Å²) in [4.78, 5) is 21.9. The molecule has 0 saturated heterocycles. The maximum absolute atomic E-state index is 11.1. The molecule has 0 heterocycles. The number of amides is 1. The predicted octanol–water partition coefficient (Wildman–Crippen LogP) is 1.52. The van der Waals surface area contributed by atoms with Gasteiger partial charge in [0.2, 0.25) is 0 Å². The standard InChI is InChI=1S/C12H10BrNO3/c1-2-3-11(12(14)16)17-10-5-4-9(13)6-8(10)7-15/h1,4-7,11H,3H2,(H2,14,16). The molecule has 0 bridgehead atoms. The lowest BCUT2D eigenvalue weighted by molar-refractivity contribution is -0.124. The molecular formula is C12H10BrNO3. The van der Waals surface area contributed by atoms with E-state index in [2.05, 4.69) is 21.9 Å². The molecule has 1 amide bonds. The minimum atomic E-state index is -0.931. The summed E-state index contributed by atoms with van der Waals surface area (Å²) >= 11 is 3.22. The fourth-order valence-electron chi connectivity index (χ4n) is 1.18. The topological polar surface area (TPSA) is 69.4 Å². The lowest BCUT2D eigenvalue weighted by atomic mass is 10.2. The number of ether oxygens (including phenoxy) is 1. The number of hydrogen-bond acceptors (Lipinski definition) is 3. The normalized spacial score (nSPS) is 11.3. The van der Waals surface area contributed by atoms with Gasteiger partial charge in [-0.3, -0.25) is 9.59 Å². The molecule has 1 unspecified atom stereocenters. The minimum Gasteiger partial charge on any atom is -0.479 e. The van der Waals surface area contributed by atoms with Crippen LogP contribution in [0.5, 0.6) is 5.75 Å². The van der Waals surface area contributed by atoms with Crippen LogP contribution < -0.4 is 10.5 Å². The zero-order chi connectivity index (χ0) is 12.8. The number of aldehydes is 1. The van der Waals surface area contributed by atoms with Crippen molar-refractivity contribution in [2.45, 2.75) is 12.5 Å². The van der Waals surface area contributed by atoms with Gasteiger partial charge < -0.3 is 10.5 Å². The van der Waals surface area contributed by atoms with E-state index in [4.69, 9.17) is 16.9 Å². The Morgan fingerprint density at radius 1 is 1.65 bits per heavy atom. The fraction of sp³-hybridized carbons (Fsp3) is 0.167. The van der Waals surface area contributed by atoms with E-state index in [-0.39, 0.29) is 12.2 Å². The first-order chi connectivity index (χ1) is 8.08. The molecule has 1 aromatic rings. The van der Waals surface area contributed by atoms with Crippen molar-refractivity contribution in [3.63, 3.8) is 0 Å². The molecule has 17 heavy (non-hydrogen) atoms. The lowest BCUT2D eigenvalue weighted by Crippen LogP contribution is -2.33. The summed E-state index contributed by atoms with van der Waals surface area (Å²) in [7, 11) is 0. The quantitative estimate of drug-likeness (QED) is 0.661. The van der Waals surface area contributed by atoms with Gasteiger partial charge in [-0.25, -0.2) is 0 Å². The van der Waals surface area contributed by atoms with E-state index < -0.39 is 12.0 Å². The van der Waals surface area contributed by atoms with E-state index in [9.17, 15) is 9.59 Å². The van der Waals surface area contributed by atoms with Crippen LogP contribution in [0.1, 0.15) is 16.8 Å². The second kappa shape index (κ2) is 6.06. The van der Waals surface area contributed by atoms with Gasteiger partial charge in [0.25, 0.3) is 5.91 Å². The van der Waals surface area contributed by atoms with E-state index in [1.807, 2.05) is 0 Å². The number of carbonyl (C=O) groups is 2. The Kier molecular flexibility index (Phi) is 4.73. The van der Waals surface area contributed by atoms with Crippen LogP contribution >= 0.6 is 15.9 Å². The van der Waals surface area contributed by atoms with Crippen molar-refractivity contribution in [2.75, 3.05) is 0 Å². The number of terminal acetylenes is 1. The van der Waals surface area contributed by atoms with Gasteiger partial charge in [-0.05, 0) is 18.2 Å². The summed E-state index contributed by atoms with van der Waals surface area (Å²) < 4.78 is 6.06. The summed E-state index contributed by atoms with van der Waals surface area (Å²) in [6.45, 7) is 0. The summed E-state index contributed by atoms with van der Waals surface area (Å²) in [6.07, 6.45) is 4.86. The van der Waals surface area contributed by atoms with Crippen molar-refractivity contribution in [3.05, 3.63) is 28.2 Å². The number of hydrogen-bond donors (Lipinski definition) is 1. The van der Waals surface area contributed by atoms with Gasteiger partial charge in [-0.1, -0.05) is 15.9 Å². The number of benzene rings is 1. The molecule has 88 valence electrons. The van der Waals surface area contributed by atoms with Crippen LogP contribution in [0.4, 0.5) is 0 Å². The molecule has 0 aromatic heterocycles. The maximum Gasteiger partial charge on any atom is 0.259 e. The lowest BCUT2D eigenvalue weighted by Gasteiger charge is -2.15. The van der Waals surface area contributed by atoms with Crippen molar-refractivity contribution in [1.29, 1.82) is 0 Å². The molecule has 0 saturated carbocycles. The first kappa shape index (κ1) is 13.3. The van der Waals surface area contributed by atoms with Gasteiger partial charge in [0.1, 0.15) is 5.75 Å². The zero-order valence-corrected chi connectivity index (χ0v) is 10.4. The SMILES string of the molecule is C#CCC(Oc1ccc(Br)cc1C=O)C(N)=O. The second-order valence-corrected chi connectivity index (χ2v) is 4.13. The Bertz CT molecular complexity index is 479. The fourth-order valence-corrected chi connectivity index (χ4v) is 1.56. The van der Waals surface area contributed by atoms with Crippen molar-refractivity contribution in [1.82, 2.24) is 0 Å². The monoisotopic (exact) mass is 295 g/mol. The molecule has 0 aliphatic carbocycles. The summed E-state index contributed by atoms with van der Waals surface area (Å²) in [6, 6.07) is 4.84. The average molecular weight is 296 g/mol. The van der Waals surface area contributed by atoms with Crippen LogP contribution in [0.2, 0.25) is 0 Å². The molecule has 0 spiro atoms. The molecule has 0 radical (unpaired) electrons. The molecule has 0 aliphatic heterocycles. The summed E-state index contributed by atoms with van der Waals surface area (Å²) in [5, 5.41) is 0. The highest BCUT2D eigenvalue weighted by Crippen LogP contribution is 2.23. The minimum absolute atomic E-state index is 0.0592. The molecule has 4 nitrogen and oxygen atoms in total. The highest BCUT2D eigenvalue weighted by atomic mass is 79.9. The van der Waals surface area contributed by atoms with Crippen LogP contribution in [-0.2, 0) is 4.79 Å². The van der Waals surface area contributed by atoms with Gasteiger partial charge in [0.05, 0.1) is 12.0 Å². The van der Waals surface area contributed by atoms with E-state index in [0.29, 0.717) is 11.8 Å².